The highest BCUT2D eigenvalue weighted by atomic mass is 35.5. The van der Waals surface area contributed by atoms with Gasteiger partial charge in [-0.25, -0.2) is 8.78 Å². The van der Waals surface area contributed by atoms with Crippen LogP contribution in [0.1, 0.15) is 45.3 Å². The van der Waals surface area contributed by atoms with E-state index >= 15 is 4.39 Å². The second-order valence-electron chi connectivity index (χ2n) is 11.6. The Kier molecular flexibility index (Phi) is 5.91. The summed E-state index contributed by atoms with van der Waals surface area (Å²) < 4.78 is 36.4. The number of allylic oxidation sites excluding steroid dienone is 4. The summed E-state index contributed by atoms with van der Waals surface area (Å²) in [4.78, 5) is 32.2. The zero-order valence-electron chi connectivity index (χ0n) is 20.7. The largest absolute Gasteiger partial charge is 0.448 e. The number of fused-ring (bicyclic) bond motifs is 7. The van der Waals surface area contributed by atoms with Gasteiger partial charge in [0.1, 0.15) is 11.8 Å². The monoisotopic (exact) mass is 553 g/mol. The van der Waals surface area contributed by atoms with Gasteiger partial charge in [-0.1, -0.05) is 30.3 Å². The smallest absolute Gasteiger partial charge is 0.226 e. The highest BCUT2D eigenvalue weighted by Gasteiger charge is 2.79. The van der Waals surface area contributed by atoms with Gasteiger partial charge in [-0.05, 0) is 74.4 Å². The third-order valence-electron chi connectivity index (χ3n) is 10.1. The lowest BCUT2D eigenvalue weighted by molar-refractivity contribution is -0.265. The molecule has 2 heterocycles. The number of carbonyl (C=O) groups excluding carboxylic acids is 2. The van der Waals surface area contributed by atoms with Crippen LogP contribution in [0.3, 0.4) is 0 Å². The highest BCUT2D eigenvalue weighted by molar-refractivity contribution is 8.13. The van der Waals surface area contributed by atoms with Gasteiger partial charge in [0.05, 0.1) is 12.6 Å². The third kappa shape index (κ3) is 3.27. The summed E-state index contributed by atoms with van der Waals surface area (Å²) in [6, 6.07) is 2.46. The van der Waals surface area contributed by atoms with Gasteiger partial charge >= 0.3 is 0 Å². The lowest BCUT2D eigenvalue weighted by atomic mass is 9.45. The Balaban J connectivity index is 1.39. The molecule has 0 bridgehead atoms. The van der Waals surface area contributed by atoms with Crippen molar-refractivity contribution in [3.8, 4) is 0 Å². The molecule has 4 aliphatic carbocycles. The second-order valence-corrected chi connectivity index (χ2v) is 12.8. The van der Waals surface area contributed by atoms with E-state index in [1.807, 2.05) is 6.92 Å². The number of carbonyl (C=O) groups is 2. The molecule has 10 heteroatoms. The molecule has 0 amide bonds. The van der Waals surface area contributed by atoms with Crippen LogP contribution in [0.2, 0.25) is 5.22 Å². The summed E-state index contributed by atoms with van der Waals surface area (Å²) in [6.45, 7) is 4.31. The molecular formula is C27H30ClF2NO5S. The first kappa shape index (κ1) is 25.7. The molecule has 3 saturated carbocycles. The van der Waals surface area contributed by atoms with Crippen molar-refractivity contribution in [2.24, 2.45) is 28.6 Å². The number of hydrogen-bond donors (Lipinski definition) is 1. The summed E-state index contributed by atoms with van der Waals surface area (Å²) in [5, 5.41) is 13.1. The van der Waals surface area contributed by atoms with Crippen LogP contribution in [0.4, 0.5) is 8.78 Å². The van der Waals surface area contributed by atoms with E-state index in [4.69, 9.17) is 20.9 Å². The first-order valence-electron chi connectivity index (χ1n) is 12.7. The zero-order chi connectivity index (χ0) is 26.4. The average Bonchev–Trinajstić information content (AvgIpc) is 3.48. The SMILES string of the molecule is C[C@]12C=CC(=O)C=C1CC[C@H]1[C@@H]3C[C@H]4CN(Cc5ccc(Cl)o5)O[C@@]4(C(=O)SCF)[C@@]3(C)C[C@H](O)[C@@]12F. The van der Waals surface area contributed by atoms with E-state index in [0.717, 1.165) is 0 Å². The van der Waals surface area contributed by atoms with Gasteiger partial charge in [0.2, 0.25) is 5.12 Å². The number of nitrogens with zero attached hydrogens (tertiary/aromatic N) is 1. The van der Waals surface area contributed by atoms with Crippen molar-refractivity contribution in [2.45, 2.75) is 63.4 Å². The molecule has 5 aliphatic rings. The van der Waals surface area contributed by atoms with Crippen LogP contribution in [0.5, 0.6) is 0 Å². The van der Waals surface area contributed by atoms with Gasteiger partial charge in [-0.3, -0.25) is 14.4 Å². The molecular weight excluding hydrogens is 524 g/mol. The van der Waals surface area contributed by atoms with Crippen molar-refractivity contribution >= 4 is 34.3 Å². The Morgan fingerprint density at radius 3 is 2.81 bits per heavy atom. The average molecular weight is 554 g/mol. The highest BCUT2D eigenvalue weighted by Crippen LogP contribution is 2.73. The molecule has 8 atom stereocenters. The van der Waals surface area contributed by atoms with Gasteiger partial charge in [0.25, 0.3) is 0 Å². The Bertz CT molecular complexity index is 1220. The first-order valence-corrected chi connectivity index (χ1v) is 14.1. The molecule has 37 heavy (non-hydrogen) atoms. The van der Waals surface area contributed by atoms with Gasteiger partial charge in [-0.15, -0.1) is 0 Å². The fourth-order valence-corrected chi connectivity index (χ4v) is 9.44. The maximum Gasteiger partial charge on any atom is 0.226 e. The summed E-state index contributed by atoms with van der Waals surface area (Å²) in [6.07, 6.45) is 4.62. The predicted molar refractivity (Wildman–Crippen MR) is 134 cm³/mol. The van der Waals surface area contributed by atoms with Gasteiger partial charge in [-0.2, -0.15) is 5.06 Å². The molecule has 1 aromatic rings. The lowest BCUT2D eigenvalue weighted by Crippen LogP contribution is -2.69. The molecule has 6 rings (SSSR count). The minimum atomic E-state index is -2.00. The van der Waals surface area contributed by atoms with Gasteiger partial charge < -0.3 is 9.52 Å². The van der Waals surface area contributed by atoms with E-state index in [1.165, 1.54) is 12.2 Å². The molecule has 0 aromatic carbocycles. The van der Waals surface area contributed by atoms with Crippen molar-refractivity contribution in [3.63, 3.8) is 0 Å². The van der Waals surface area contributed by atoms with E-state index in [0.29, 0.717) is 48.9 Å². The zero-order valence-corrected chi connectivity index (χ0v) is 22.3. The van der Waals surface area contributed by atoms with Crippen LogP contribution < -0.4 is 0 Å². The number of hydroxylamine groups is 2. The topological polar surface area (TPSA) is 80.0 Å². The van der Waals surface area contributed by atoms with Crippen molar-refractivity contribution in [2.75, 3.05) is 12.6 Å². The minimum Gasteiger partial charge on any atom is -0.448 e. The van der Waals surface area contributed by atoms with Crippen LogP contribution in [0.25, 0.3) is 0 Å². The van der Waals surface area contributed by atoms with E-state index < -0.39 is 45.2 Å². The Morgan fingerprint density at radius 1 is 1.32 bits per heavy atom. The van der Waals surface area contributed by atoms with Crippen LogP contribution >= 0.6 is 23.4 Å². The summed E-state index contributed by atoms with van der Waals surface area (Å²) in [7, 11) is 0. The maximum absolute atomic E-state index is 17.4. The van der Waals surface area contributed by atoms with Gasteiger partial charge in [0, 0.05) is 29.2 Å². The third-order valence-corrected chi connectivity index (χ3v) is 11.0. The molecule has 4 fully saturated rings. The number of ketones is 1. The number of rotatable bonds is 4. The van der Waals surface area contributed by atoms with Crippen LogP contribution in [-0.4, -0.2) is 51.0 Å². The molecule has 1 aromatic heterocycles. The molecule has 1 saturated heterocycles. The van der Waals surface area contributed by atoms with Gasteiger partial charge in [0.15, 0.2) is 22.3 Å². The van der Waals surface area contributed by atoms with Crippen molar-refractivity contribution in [3.05, 3.63) is 46.9 Å². The predicted octanol–water partition coefficient (Wildman–Crippen LogP) is 5.20. The first-order chi connectivity index (χ1) is 17.5. The fraction of sp³-hybridized carbons (Fsp3) is 0.630. The number of furan rings is 1. The Hall–Kier alpha value is -1.52. The van der Waals surface area contributed by atoms with Crippen LogP contribution in [-0.2, 0) is 21.0 Å². The standard InChI is InChI=1S/C27H30ClF2NO5S/c1-24-8-7-17(32)9-15(24)3-5-19-20-10-16-12-31(13-18-4-6-22(28)35-18)36-27(16,23(34)37-14-29)25(20,2)11-21(33)26(19,24)30/h4,6-9,16,19-21,33H,3,5,10-14H2,1-2H3/t16-,19-,20-,21-,24-,25-,26-,27-/m0/s1. The van der Waals surface area contributed by atoms with E-state index in [9.17, 15) is 19.1 Å². The van der Waals surface area contributed by atoms with E-state index in [2.05, 4.69) is 0 Å². The number of hydrogen-bond acceptors (Lipinski definition) is 7. The summed E-state index contributed by atoms with van der Waals surface area (Å²) in [5.74, 6) is -0.717. The summed E-state index contributed by atoms with van der Waals surface area (Å²) >= 11 is 6.49. The number of halogens is 3. The summed E-state index contributed by atoms with van der Waals surface area (Å²) in [5.41, 5.74) is -4.73. The normalized spacial score (nSPS) is 44.7. The van der Waals surface area contributed by atoms with Crippen molar-refractivity contribution in [1.29, 1.82) is 0 Å². The molecule has 6 nitrogen and oxygen atoms in total. The molecule has 0 spiro atoms. The molecule has 200 valence electrons. The number of alkyl halides is 2. The van der Waals surface area contributed by atoms with E-state index in [1.54, 1.807) is 30.2 Å². The number of aliphatic hydroxyl groups is 1. The van der Waals surface area contributed by atoms with Crippen molar-refractivity contribution < 1.29 is 32.7 Å². The molecule has 1 N–H and O–H groups in total. The fourth-order valence-electron chi connectivity index (χ4n) is 8.53. The van der Waals surface area contributed by atoms with Crippen molar-refractivity contribution in [1.82, 2.24) is 5.06 Å². The minimum absolute atomic E-state index is 0.00910. The Morgan fingerprint density at radius 2 is 2.11 bits per heavy atom. The number of aliphatic hydroxyl groups excluding tert-OH is 1. The molecule has 1 aliphatic heterocycles. The van der Waals surface area contributed by atoms with E-state index in [-0.39, 0.29) is 35.8 Å². The second kappa shape index (κ2) is 8.49. The number of thioether (sulfide) groups is 1. The van der Waals surface area contributed by atoms with Crippen LogP contribution in [0, 0.1) is 28.6 Å². The molecule has 0 radical (unpaired) electrons. The van der Waals surface area contributed by atoms with Crippen LogP contribution in [0.15, 0.2) is 40.4 Å². The maximum atomic E-state index is 17.4. The molecule has 0 unspecified atom stereocenters. The lowest BCUT2D eigenvalue weighted by Gasteiger charge is -2.62. The Labute approximate surface area is 223 Å². The quantitative estimate of drug-likeness (QED) is 0.549.